The average Bonchev–Trinajstić information content (AvgIpc) is 2.82. The van der Waals surface area contributed by atoms with Crippen molar-refractivity contribution in [2.24, 2.45) is 40.4 Å². The van der Waals surface area contributed by atoms with Gasteiger partial charge in [-0.2, -0.15) is 0 Å². The van der Waals surface area contributed by atoms with E-state index < -0.39 is 11.0 Å². The topological polar surface area (TPSA) is 74.6 Å². The molecule has 9 atom stereocenters. The molecule has 4 rings (SSSR count). The molecule has 0 aliphatic heterocycles. The first-order valence-electron chi connectivity index (χ1n) is 10.6. The molecule has 0 spiro atoms. The van der Waals surface area contributed by atoms with Crippen LogP contribution in [0, 0.1) is 40.4 Å². The normalized spacial score (nSPS) is 54.8. The second-order valence-corrected chi connectivity index (χ2v) is 11.0. The Labute approximate surface area is 170 Å². The zero-order valence-electron chi connectivity index (χ0n) is 16.7. The molecule has 152 valence electrons. The van der Waals surface area contributed by atoms with Gasteiger partial charge in [0.15, 0.2) is 5.78 Å². The van der Waals surface area contributed by atoms with Gasteiger partial charge in [-0.25, -0.2) is 0 Å². The van der Waals surface area contributed by atoms with E-state index in [1.807, 2.05) is 13.8 Å². The van der Waals surface area contributed by atoms with Gasteiger partial charge in [0.2, 0.25) is 0 Å². The Morgan fingerprint density at radius 3 is 2.59 bits per heavy atom. The van der Waals surface area contributed by atoms with Gasteiger partial charge in [-0.3, -0.25) is 9.59 Å². The lowest BCUT2D eigenvalue weighted by molar-refractivity contribution is -0.180. The van der Waals surface area contributed by atoms with E-state index in [1.165, 1.54) is 0 Å². The first-order valence-corrected chi connectivity index (χ1v) is 11.7. The fraction of sp³-hybridized carbons (Fsp3) is 0.909. The molecule has 0 aromatic rings. The Morgan fingerprint density at radius 2 is 1.93 bits per heavy atom. The Hall–Kier alpha value is -0.260. The van der Waals surface area contributed by atoms with Crippen molar-refractivity contribution in [2.45, 2.75) is 77.4 Å². The number of rotatable bonds is 2. The van der Waals surface area contributed by atoms with E-state index in [0.717, 1.165) is 38.5 Å². The van der Waals surface area contributed by atoms with Crippen LogP contribution in [-0.4, -0.2) is 38.8 Å². The highest BCUT2D eigenvalue weighted by molar-refractivity contribution is 9.09. The number of hydrogen-bond acceptors (Lipinski definition) is 4. The van der Waals surface area contributed by atoms with Gasteiger partial charge in [0, 0.05) is 17.8 Å². The average molecular weight is 441 g/mol. The van der Waals surface area contributed by atoms with Crippen LogP contribution in [-0.2, 0) is 9.59 Å². The van der Waals surface area contributed by atoms with E-state index in [9.17, 15) is 19.8 Å². The minimum atomic E-state index is -1.41. The highest BCUT2D eigenvalue weighted by Gasteiger charge is 2.70. The van der Waals surface area contributed by atoms with Crippen LogP contribution in [0.25, 0.3) is 0 Å². The molecule has 1 unspecified atom stereocenters. The highest BCUT2D eigenvalue weighted by Crippen LogP contribution is 2.68. The van der Waals surface area contributed by atoms with Crippen LogP contribution in [0.2, 0.25) is 0 Å². The van der Waals surface area contributed by atoms with Crippen molar-refractivity contribution < 1.29 is 19.8 Å². The monoisotopic (exact) mass is 440 g/mol. The summed E-state index contributed by atoms with van der Waals surface area (Å²) in [6.07, 6.45) is 5.45. The summed E-state index contributed by atoms with van der Waals surface area (Å²) >= 11 is 3.25. The zero-order chi connectivity index (χ0) is 19.8. The van der Waals surface area contributed by atoms with Gasteiger partial charge in [0.05, 0.1) is 11.4 Å². The zero-order valence-corrected chi connectivity index (χ0v) is 18.3. The van der Waals surface area contributed by atoms with Crippen molar-refractivity contribution in [2.75, 3.05) is 5.33 Å². The maximum absolute atomic E-state index is 13.5. The highest BCUT2D eigenvalue weighted by atomic mass is 79.9. The summed E-state index contributed by atoms with van der Waals surface area (Å²) in [6, 6.07) is 0. The van der Waals surface area contributed by atoms with Gasteiger partial charge < -0.3 is 10.2 Å². The Bertz CT molecular complexity index is 665. The quantitative estimate of drug-likeness (QED) is 0.644. The number of fused-ring (bicyclic) bond motifs is 5. The predicted octanol–water partition coefficient (Wildman–Crippen LogP) is 3.51. The molecule has 4 aliphatic carbocycles. The molecule has 0 aromatic heterocycles. The first-order chi connectivity index (χ1) is 12.6. The molecule has 0 amide bonds. The summed E-state index contributed by atoms with van der Waals surface area (Å²) in [7, 11) is 0. The number of ketones is 2. The van der Waals surface area contributed by atoms with Crippen molar-refractivity contribution in [1.82, 2.24) is 0 Å². The number of hydrogen-bond donors (Lipinski definition) is 2. The van der Waals surface area contributed by atoms with Crippen molar-refractivity contribution in [3.8, 4) is 0 Å². The minimum absolute atomic E-state index is 0.0236. The number of halogens is 1. The van der Waals surface area contributed by atoms with E-state index in [1.54, 1.807) is 0 Å². The smallest absolute Gasteiger partial charge is 0.175 e. The number of carbonyl (C=O) groups excluding carboxylic acids is 2. The summed E-state index contributed by atoms with van der Waals surface area (Å²) in [4.78, 5) is 26.3. The number of carbonyl (C=O) groups is 2. The van der Waals surface area contributed by atoms with E-state index in [4.69, 9.17) is 0 Å². The van der Waals surface area contributed by atoms with E-state index in [-0.39, 0.29) is 52.1 Å². The molecule has 27 heavy (non-hydrogen) atoms. The van der Waals surface area contributed by atoms with E-state index in [0.29, 0.717) is 12.3 Å². The molecule has 2 N–H and O–H groups in total. The van der Waals surface area contributed by atoms with Gasteiger partial charge in [-0.1, -0.05) is 36.7 Å². The fourth-order valence-electron chi connectivity index (χ4n) is 8.08. The molecule has 0 saturated heterocycles. The molecule has 0 radical (unpaired) electrons. The van der Waals surface area contributed by atoms with Crippen molar-refractivity contribution in [1.29, 1.82) is 0 Å². The van der Waals surface area contributed by atoms with Crippen LogP contribution in [0.1, 0.15) is 65.7 Å². The maximum Gasteiger partial charge on any atom is 0.175 e. The van der Waals surface area contributed by atoms with Crippen LogP contribution in [0.5, 0.6) is 0 Å². The fourth-order valence-corrected chi connectivity index (χ4v) is 8.51. The standard InChI is InChI=1S/C22H33BrO4/c1-12-8-16-15-5-4-13-9-14(24)6-7-20(13,2)19(15)17(25)10-21(16,3)22(12,27)18(26)11-23/h12-16,19,24,27H,4-11H2,1-3H3/t12-,13?,14-,15+,16+,19-,20+,21+,22+/m1/s1. The van der Waals surface area contributed by atoms with Crippen LogP contribution < -0.4 is 0 Å². The second kappa shape index (κ2) is 6.37. The third-order valence-corrected chi connectivity index (χ3v) is 9.96. The van der Waals surface area contributed by atoms with Crippen LogP contribution in [0.15, 0.2) is 0 Å². The van der Waals surface area contributed by atoms with Crippen molar-refractivity contribution in [3.63, 3.8) is 0 Å². The summed E-state index contributed by atoms with van der Waals surface area (Å²) in [6.45, 7) is 6.25. The summed E-state index contributed by atoms with van der Waals surface area (Å²) in [5.41, 5.74) is -2.11. The van der Waals surface area contributed by atoms with Gasteiger partial charge >= 0.3 is 0 Å². The first kappa shape index (κ1) is 20.0. The van der Waals surface area contributed by atoms with Gasteiger partial charge in [-0.15, -0.1) is 0 Å². The Morgan fingerprint density at radius 1 is 1.22 bits per heavy atom. The molecular weight excluding hydrogens is 408 g/mol. The van der Waals surface area contributed by atoms with Crippen molar-refractivity contribution >= 4 is 27.5 Å². The molecule has 4 fully saturated rings. The molecule has 0 bridgehead atoms. The molecule has 4 saturated carbocycles. The molecule has 5 heteroatoms. The van der Waals surface area contributed by atoms with E-state index in [2.05, 4.69) is 22.9 Å². The third kappa shape index (κ3) is 2.46. The van der Waals surface area contributed by atoms with Gasteiger partial charge in [0.1, 0.15) is 11.4 Å². The predicted molar refractivity (Wildman–Crippen MR) is 106 cm³/mol. The SMILES string of the molecule is C[C@@H]1C[C@H]2[C@@H]3CCC4C[C@H](O)CC[C@]4(C)[C@H]3C(=O)C[C@]2(C)[C@@]1(O)C(=O)CBr. The molecule has 0 aromatic carbocycles. The lowest BCUT2D eigenvalue weighted by Gasteiger charge is -2.60. The third-order valence-electron chi connectivity index (χ3n) is 9.45. The maximum atomic E-state index is 13.5. The number of aliphatic hydroxyl groups is 2. The number of Topliss-reactive ketones (excluding diaryl/α,β-unsaturated/α-hetero) is 2. The van der Waals surface area contributed by atoms with Crippen LogP contribution in [0.4, 0.5) is 0 Å². The number of aliphatic hydroxyl groups excluding tert-OH is 1. The van der Waals surface area contributed by atoms with Crippen LogP contribution in [0.3, 0.4) is 0 Å². The number of alkyl halides is 1. The molecular formula is C22H33BrO4. The lowest BCUT2D eigenvalue weighted by atomic mass is 9.44. The second-order valence-electron chi connectivity index (χ2n) is 10.5. The molecule has 0 heterocycles. The summed E-state index contributed by atoms with van der Waals surface area (Å²) in [5, 5.41) is 21.8. The largest absolute Gasteiger partial charge is 0.393 e. The van der Waals surface area contributed by atoms with Gasteiger partial charge in [-0.05, 0) is 67.6 Å². The van der Waals surface area contributed by atoms with Crippen molar-refractivity contribution in [3.05, 3.63) is 0 Å². The molecule has 4 nitrogen and oxygen atoms in total. The Balaban J connectivity index is 1.73. The minimum Gasteiger partial charge on any atom is -0.393 e. The van der Waals surface area contributed by atoms with E-state index >= 15 is 0 Å². The lowest BCUT2D eigenvalue weighted by Crippen LogP contribution is -2.62. The Kier molecular flexibility index (Phi) is 4.72. The van der Waals surface area contributed by atoms with Crippen LogP contribution >= 0.6 is 15.9 Å². The molecule has 4 aliphatic rings. The van der Waals surface area contributed by atoms with Gasteiger partial charge in [0.25, 0.3) is 0 Å². The summed E-state index contributed by atoms with van der Waals surface area (Å²) < 4.78 is 0. The summed E-state index contributed by atoms with van der Waals surface area (Å²) in [5.74, 6) is 0.861.